The third-order valence-electron chi connectivity index (χ3n) is 5.30. The molecular weight excluding hydrogens is 432 g/mol. The van der Waals surface area contributed by atoms with E-state index in [1.807, 2.05) is 7.05 Å². The van der Waals surface area contributed by atoms with Crippen molar-refractivity contribution in [2.45, 2.75) is 38.5 Å². The Hall–Kier alpha value is -1.05. The fourth-order valence-corrected chi connectivity index (χ4v) is 3.68. The summed E-state index contributed by atoms with van der Waals surface area (Å²) in [7, 11) is 1.87. The number of rotatable bonds is 6. The van der Waals surface area contributed by atoms with Gasteiger partial charge in [0.25, 0.3) is 0 Å². The highest BCUT2D eigenvalue weighted by Gasteiger charge is 2.43. The molecule has 0 bridgehead atoms. The molecule has 1 spiro atoms. The predicted octanol–water partition coefficient (Wildman–Crippen LogP) is 4.05. The zero-order chi connectivity index (χ0) is 16.8. The van der Waals surface area contributed by atoms with E-state index in [9.17, 15) is 4.39 Å². The van der Waals surface area contributed by atoms with Gasteiger partial charge in [0.2, 0.25) is 0 Å². The first-order valence-electron chi connectivity index (χ1n) is 9.05. The van der Waals surface area contributed by atoms with Gasteiger partial charge in [-0.2, -0.15) is 0 Å². The molecule has 1 saturated heterocycles. The third-order valence-corrected chi connectivity index (χ3v) is 5.30. The topological polar surface area (TPSA) is 36.9 Å². The van der Waals surface area contributed by atoms with Crippen molar-refractivity contribution in [1.29, 1.82) is 0 Å². The summed E-state index contributed by atoms with van der Waals surface area (Å²) in [5.74, 6) is 1.53. The normalized spacial score (nSPS) is 18.6. The lowest BCUT2D eigenvalue weighted by atomic mass is 9.68. The summed E-state index contributed by atoms with van der Waals surface area (Å²) in [6, 6.07) is 6.18. The zero-order valence-electron chi connectivity index (χ0n) is 15.0. The first-order chi connectivity index (χ1) is 11.7. The van der Waals surface area contributed by atoms with Gasteiger partial charge in [-0.15, -0.1) is 24.0 Å². The minimum Gasteiger partial charge on any atom is -0.494 e. The van der Waals surface area contributed by atoms with Crippen LogP contribution in [0, 0.1) is 11.2 Å². The maximum Gasteiger partial charge on any atom is 0.193 e. The highest BCUT2D eigenvalue weighted by Crippen LogP contribution is 2.47. The van der Waals surface area contributed by atoms with E-state index < -0.39 is 0 Å². The summed E-state index contributed by atoms with van der Waals surface area (Å²) in [4.78, 5) is 6.84. The quantitative estimate of drug-likeness (QED) is 0.301. The van der Waals surface area contributed by atoms with Crippen LogP contribution in [-0.2, 0) is 0 Å². The van der Waals surface area contributed by atoms with Gasteiger partial charge in [0.1, 0.15) is 11.6 Å². The van der Waals surface area contributed by atoms with Crippen molar-refractivity contribution in [2.75, 3.05) is 33.3 Å². The number of hydrogen-bond donors (Lipinski definition) is 1. The Labute approximate surface area is 167 Å². The van der Waals surface area contributed by atoms with Crippen LogP contribution >= 0.6 is 24.0 Å². The van der Waals surface area contributed by atoms with Crippen LogP contribution in [0.25, 0.3) is 0 Å². The monoisotopic (exact) mass is 461 g/mol. The molecule has 4 nitrogen and oxygen atoms in total. The Morgan fingerprint density at radius 3 is 2.60 bits per heavy atom. The molecule has 0 unspecified atom stereocenters. The predicted molar refractivity (Wildman–Crippen MR) is 110 cm³/mol. The Bertz CT molecular complexity index is 560. The Morgan fingerprint density at radius 2 is 2.00 bits per heavy atom. The Balaban J connectivity index is 0.00000225. The van der Waals surface area contributed by atoms with Crippen LogP contribution in [0.2, 0.25) is 0 Å². The lowest BCUT2D eigenvalue weighted by Crippen LogP contribution is -2.42. The van der Waals surface area contributed by atoms with Crippen LogP contribution in [-0.4, -0.2) is 44.1 Å². The average Bonchev–Trinajstić information content (AvgIpc) is 3.02. The van der Waals surface area contributed by atoms with Crippen molar-refractivity contribution in [2.24, 2.45) is 10.4 Å². The molecule has 0 radical (unpaired) electrons. The molecule has 0 amide bonds. The van der Waals surface area contributed by atoms with Crippen molar-refractivity contribution in [1.82, 2.24) is 10.2 Å². The molecule has 2 aliphatic rings. The van der Waals surface area contributed by atoms with Crippen LogP contribution < -0.4 is 10.1 Å². The van der Waals surface area contributed by atoms with E-state index in [2.05, 4.69) is 15.2 Å². The summed E-state index contributed by atoms with van der Waals surface area (Å²) in [6.07, 6.45) is 7.49. The molecule has 1 saturated carbocycles. The molecule has 0 aromatic heterocycles. The Kier molecular flexibility index (Phi) is 7.78. The number of nitrogens with one attached hydrogen (secondary N) is 1. The van der Waals surface area contributed by atoms with E-state index in [0.717, 1.165) is 37.6 Å². The van der Waals surface area contributed by atoms with Crippen molar-refractivity contribution in [3.05, 3.63) is 30.1 Å². The zero-order valence-corrected chi connectivity index (χ0v) is 17.3. The SMILES string of the molecule is CN=C(NCCCCOc1ccc(F)cc1)N1CCC2(CCC2)C1.I. The van der Waals surface area contributed by atoms with Crippen LogP contribution in [0.5, 0.6) is 5.75 Å². The van der Waals surface area contributed by atoms with Gasteiger partial charge in [-0.25, -0.2) is 4.39 Å². The number of halogens is 2. The Morgan fingerprint density at radius 1 is 1.24 bits per heavy atom. The molecule has 6 heteroatoms. The molecular formula is C19H29FIN3O. The van der Waals surface area contributed by atoms with E-state index >= 15 is 0 Å². The second kappa shape index (κ2) is 9.59. The molecule has 1 aliphatic heterocycles. The van der Waals surface area contributed by atoms with Gasteiger partial charge in [0, 0.05) is 26.7 Å². The number of likely N-dealkylation sites (tertiary alicyclic amines) is 1. The fourth-order valence-electron chi connectivity index (χ4n) is 3.68. The summed E-state index contributed by atoms with van der Waals surface area (Å²) >= 11 is 0. The van der Waals surface area contributed by atoms with Gasteiger partial charge in [-0.05, 0) is 61.8 Å². The lowest BCUT2D eigenvalue weighted by Gasteiger charge is -2.38. The molecule has 3 rings (SSSR count). The minimum atomic E-state index is -0.233. The number of aliphatic imine (C=N–C) groups is 1. The first kappa shape index (κ1) is 20.3. The van der Waals surface area contributed by atoms with Gasteiger partial charge >= 0.3 is 0 Å². The molecule has 1 aliphatic carbocycles. The van der Waals surface area contributed by atoms with Crippen molar-refractivity contribution >= 4 is 29.9 Å². The number of benzene rings is 1. The van der Waals surface area contributed by atoms with Gasteiger partial charge in [0.05, 0.1) is 6.61 Å². The van der Waals surface area contributed by atoms with Crippen molar-refractivity contribution < 1.29 is 9.13 Å². The molecule has 1 aromatic carbocycles. The van der Waals surface area contributed by atoms with Gasteiger partial charge in [0.15, 0.2) is 5.96 Å². The standard InChI is InChI=1S/C19H28FN3O.HI/c1-21-18(23-13-11-19(15-23)9-4-10-19)22-12-2-3-14-24-17-7-5-16(20)6-8-17;/h5-8H,2-4,9-15H2,1H3,(H,21,22);1H. The van der Waals surface area contributed by atoms with E-state index in [0.29, 0.717) is 12.0 Å². The molecule has 25 heavy (non-hydrogen) atoms. The largest absolute Gasteiger partial charge is 0.494 e. The highest BCUT2D eigenvalue weighted by atomic mass is 127. The third kappa shape index (κ3) is 5.46. The molecule has 1 heterocycles. The molecule has 2 fully saturated rings. The van der Waals surface area contributed by atoms with Gasteiger partial charge < -0.3 is 15.0 Å². The fraction of sp³-hybridized carbons (Fsp3) is 0.632. The number of nitrogens with zero attached hydrogens (tertiary/aromatic N) is 2. The number of ether oxygens (including phenoxy) is 1. The average molecular weight is 461 g/mol. The minimum absolute atomic E-state index is 0. The molecule has 140 valence electrons. The number of hydrogen-bond acceptors (Lipinski definition) is 2. The number of unbranched alkanes of at least 4 members (excludes halogenated alkanes) is 1. The van der Waals surface area contributed by atoms with Crippen LogP contribution in [0.3, 0.4) is 0 Å². The summed E-state index contributed by atoms with van der Waals surface area (Å²) in [5.41, 5.74) is 0.598. The summed E-state index contributed by atoms with van der Waals surface area (Å²) in [6.45, 7) is 3.86. The second-order valence-corrected chi connectivity index (χ2v) is 7.01. The van der Waals surface area contributed by atoms with Crippen molar-refractivity contribution in [3.63, 3.8) is 0 Å². The van der Waals surface area contributed by atoms with Crippen LogP contribution in [0.4, 0.5) is 4.39 Å². The van der Waals surface area contributed by atoms with E-state index in [-0.39, 0.29) is 29.8 Å². The van der Waals surface area contributed by atoms with Gasteiger partial charge in [-0.3, -0.25) is 4.99 Å². The maximum absolute atomic E-state index is 12.8. The first-order valence-corrected chi connectivity index (χ1v) is 9.05. The van der Waals surface area contributed by atoms with E-state index in [1.54, 1.807) is 12.1 Å². The smallest absolute Gasteiger partial charge is 0.193 e. The van der Waals surface area contributed by atoms with Crippen LogP contribution in [0.15, 0.2) is 29.3 Å². The summed E-state index contributed by atoms with van der Waals surface area (Å²) < 4.78 is 18.4. The van der Waals surface area contributed by atoms with Crippen LogP contribution in [0.1, 0.15) is 38.5 Å². The van der Waals surface area contributed by atoms with E-state index in [1.165, 1.54) is 44.4 Å². The second-order valence-electron chi connectivity index (χ2n) is 7.01. The summed E-state index contributed by atoms with van der Waals surface area (Å²) in [5, 5.41) is 3.47. The maximum atomic E-state index is 12.8. The highest BCUT2D eigenvalue weighted by molar-refractivity contribution is 14.0. The van der Waals surface area contributed by atoms with Crippen molar-refractivity contribution in [3.8, 4) is 5.75 Å². The van der Waals surface area contributed by atoms with Gasteiger partial charge in [-0.1, -0.05) is 6.42 Å². The molecule has 0 atom stereocenters. The molecule has 1 N–H and O–H groups in total. The molecule has 1 aromatic rings. The lowest BCUT2D eigenvalue weighted by molar-refractivity contribution is 0.151. The number of guanidine groups is 1. The van der Waals surface area contributed by atoms with E-state index in [4.69, 9.17) is 4.74 Å².